The third kappa shape index (κ3) is 5.61. The zero-order chi connectivity index (χ0) is 22.4. The summed E-state index contributed by atoms with van der Waals surface area (Å²) in [5, 5.41) is 21.5. The molecule has 0 aliphatic rings. The quantitative estimate of drug-likeness (QED) is 0.483. The molecule has 31 heavy (non-hydrogen) atoms. The maximum absolute atomic E-state index is 12.4. The van der Waals surface area contributed by atoms with Crippen molar-refractivity contribution in [1.29, 1.82) is 0 Å². The minimum Gasteiger partial charge on any atom is -0.493 e. The number of aromatic amines is 1. The van der Waals surface area contributed by atoms with E-state index < -0.39 is 5.54 Å². The SMILES string of the molecule is CCCc1cc(-c2nnn[nH]2)ccc1OCCCNc1cnn(C(C)(C)C)c(=O)c1Cl. The highest BCUT2D eigenvalue weighted by Gasteiger charge is 2.19. The number of nitrogens with one attached hydrogen (secondary N) is 2. The first kappa shape index (κ1) is 22.7. The molecule has 0 saturated carbocycles. The molecule has 1 aromatic carbocycles. The van der Waals surface area contributed by atoms with Crippen molar-refractivity contribution in [1.82, 2.24) is 30.4 Å². The molecule has 0 aliphatic heterocycles. The van der Waals surface area contributed by atoms with E-state index in [1.54, 1.807) is 6.20 Å². The van der Waals surface area contributed by atoms with Crippen LogP contribution in [0.25, 0.3) is 11.4 Å². The third-order valence-electron chi connectivity index (χ3n) is 4.65. The fraction of sp³-hybridized carbons (Fsp3) is 0.476. The van der Waals surface area contributed by atoms with Crippen LogP contribution in [0.2, 0.25) is 5.02 Å². The summed E-state index contributed by atoms with van der Waals surface area (Å²) >= 11 is 6.24. The van der Waals surface area contributed by atoms with Gasteiger partial charge in [-0.25, -0.2) is 9.78 Å². The number of rotatable bonds is 9. The summed E-state index contributed by atoms with van der Waals surface area (Å²) in [5.41, 5.74) is 1.84. The Bertz CT molecular complexity index is 1060. The maximum atomic E-state index is 12.4. The Labute approximate surface area is 186 Å². The lowest BCUT2D eigenvalue weighted by Gasteiger charge is -2.21. The average Bonchev–Trinajstić information content (AvgIpc) is 3.26. The number of H-pyrrole nitrogens is 1. The van der Waals surface area contributed by atoms with Crippen LogP contribution in [0.1, 0.15) is 46.1 Å². The van der Waals surface area contributed by atoms with Crippen LogP contribution in [0.5, 0.6) is 5.75 Å². The first-order valence-electron chi connectivity index (χ1n) is 10.3. The van der Waals surface area contributed by atoms with Crippen LogP contribution in [0, 0.1) is 0 Å². The summed E-state index contributed by atoms with van der Waals surface area (Å²) in [4.78, 5) is 12.4. The molecule has 166 valence electrons. The molecule has 0 fully saturated rings. The number of tetrazole rings is 1. The normalized spacial score (nSPS) is 11.5. The molecule has 0 spiro atoms. The first-order chi connectivity index (χ1) is 14.8. The van der Waals surface area contributed by atoms with Crippen molar-refractivity contribution in [2.75, 3.05) is 18.5 Å². The van der Waals surface area contributed by atoms with Crippen molar-refractivity contribution < 1.29 is 4.74 Å². The fourth-order valence-electron chi connectivity index (χ4n) is 3.12. The van der Waals surface area contributed by atoms with Gasteiger partial charge in [0.15, 0.2) is 5.82 Å². The van der Waals surface area contributed by atoms with Gasteiger partial charge < -0.3 is 10.1 Å². The fourth-order valence-corrected chi connectivity index (χ4v) is 3.32. The second-order valence-corrected chi connectivity index (χ2v) is 8.59. The minimum absolute atomic E-state index is 0.147. The highest BCUT2D eigenvalue weighted by Crippen LogP contribution is 2.26. The zero-order valence-electron chi connectivity index (χ0n) is 18.3. The lowest BCUT2D eigenvalue weighted by atomic mass is 10.1. The molecule has 0 saturated heterocycles. The van der Waals surface area contributed by atoms with E-state index in [9.17, 15) is 4.79 Å². The maximum Gasteiger partial charge on any atom is 0.288 e. The van der Waals surface area contributed by atoms with Gasteiger partial charge in [0.25, 0.3) is 5.56 Å². The van der Waals surface area contributed by atoms with Crippen molar-refractivity contribution in [3.8, 4) is 17.1 Å². The molecule has 0 unspecified atom stereocenters. The molecule has 0 aliphatic carbocycles. The van der Waals surface area contributed by atoms with Gasteiger partial charge in [-0.1, -0.05) is 24.9 Å². The van der Waals surface area contributed by atoms with Crippen molar-refractivity contribution in [3.05, 3.63) is 45.3 Å². The first-order valence-corrected chi connectivity index (χ1v) is 10.7. The van der Waals surface area contributed by atoms with E-state index in [1.807, 2.05) is 32.9 Å². The summed E-state index contributed by atoms with van der Waals surface area (Å²) in [6, 6.07) is 5.93. The Hall–Kier alpha value is -2.94. The molecule has 10 heteroatoms. The molecule has 0 amide bonds. The van der Waals surface area contributed by atoms with Crippen molar-refractivity contribution >= 4 is 17.3 Å². The molecule has 0 atom stereocenters. The lowest BCUT2D eigenvalue weighted by Crippen LogP contribution is -2.36. The Morgan fingerprint density at radius 2 is 2.10 bits per heavy atom. The van der Waals surface area contributed by atoms with E-state index in [-0.39, 0.29) is 10.6 Å². The van der Waals surface area contributed by atoms with Gasteiger partial charge in [0.2, 0.25) is 0 Å². The minimum atomic E-state index is -0.428. The summed E-state index contributed by atoms with van der Waals surface area (Å²) in [7, 11) is 0. The lowest BCUT2D eigenvalue weighted by molar-refractivity contribution is 0.311. The van der Waals surface area contributed by atoms with Crippen LogP contribution < -0.4 is 15.6 Å². The molecule has 0 bridgehead atoms. The molecule has 9 nitrogen and oxygen atoms in total. The van der Waals surface area contributed by atoms with Gasteiger partial charge in [0.1, 0.15) is 10.8 Å². The molecular weight excluding hydrogens is 418 g/mol. The van der Waals surface area contributed by atoms with E-state index in [0.29, 0.717) is 24.7 Å². The summed E-state index contributed by atoms with van der Waals surface area (Å²) in [5.74, 6) is 1.48. The van der Waals surface area contributed by atoms with Crippen molar-refractivity contribution in [3.63, 3.8) is 0 Å². The third-order valence-corrected chi connectivity index (χ3v) is 5.01. The zero-order valence-corrected chi connectivity index (χ0v) is 19.0. The van der Waals surface area contributed by atoms with Gasteiger partial charge in [0.05, 0.1) is 24.0 Å². The van der Waals surface area contributed by atoms with E-state index in [1.165, 1.54) is 4.68 Å². The van der Waals surface area contributed by atoms with Gasteiger partial charge in [-0.05, 0) is 67.8 Å². The van der Waals surface area contributed by atoms with Gasteiger partial charge in [-0.2, -0.15) is 5.10 Å². The number of hydrogen-bond donors (Lipinski definition) is 2. The van der Waals surface area contributed by atoms with E-state index in [2.05, 4.69) is 44.0 Å². The highest BCUT2D eigenvalue weighted by atomic mass is 35.5. The molecular formula is C21H28ClN7O2. The van der Waals surface area contributed by atoms with Gasteiger partial charge in [0, 0.05) is 12.1 Å². The number of hydrogen-bond acceptors (Lipinski definition) is 7. The number of nitrogens with zero attached hydrogens (tertiary/aromatic N) is 5. The number of ether oxygens (including phenoxy) is 1. The second kappa shape index (κ2) is 9.91. The largest absolute Gasteiger partial charge is 0.493 e. The Kier molecular flexibility index (Phi) is 7.27. The standard InChI is InChI=1S/C21H28ClN7O2/c1-5-7-14-12-15(19-25-27-28-26-19)8-9-17(14)31-11-6-10-23-16-13-24-29(21(2,3)4)20(30)18(16)22/h8-9,12-13,23H,5-7,10-11H2,1-4H3,(H,25,26,27,28). The summed E-state index contributed by atoms with van der Waals surface area (Å²) < 4.78 is 7.39. The molecule has 3 aromatic rings. The highest BCUT2D eigenvalue weighted by molar-refractivity contribution is 6.32. The van der Waals surface area contributed by atoms with Crippen molar-refractivity contribution in [2.24, 2.45) is 0 Å². The van der Waals surface area contributed by atoms with Gasteiger partial charge in [-0.15, -0.1) is 5.10 Å². The van der Waals surface area contributed by atoms with E-state index in [0.717, 1.165) is 36.1 Å². The molecule has 0 radical (unpaired) electrons. The molecule has 2 heterocycles. The van der Waals surface area contributed by atoms with E-state index in [4.69, 9.17) is 16.3 Å². The molecule has 2 aromatic heterocycles. The number of benzene rings is 1. The van der Waals surface area contributed by atoms with Crippen LogP contribution in [-0.2, 0) is 12.0 Å². The van der Waals surface area contributed by atoms with Crippen LogP contribution in [-0.4, -0.2) is 43.6 Å². The van der Waals surface area contributed by atoms with Crippen molar-refractivity contribution in [2.45, 2.75) is 52.5 Å². The van der Waals surface area contributed by atoms with Crippen LogP contribution >= 0.6 is 11.6 Å². The number of anilines is 1. The smallest absolute Gasteiger partial charge is 0.288 e. The Morgan fingerprint density at radius 3 is 2.77 bits per heavy atom. The van der Waals surface area contributed by atoms with Crippen LogP contribution in [0.15, 0.2) is 29.2 Å². The summed E-state index contributed by atoms with van der Waals surface area (Å²) in [6.45, 7) is 8.97. The second-order valence-electron chi connectivity index (χ2n) is 8.21. The number of aryl methyl sites for hydroxylation is 1. The predicted molar refractivity (Wildman–Crippen MR) is 121 cm³/mol. The topological polar surface area (TPSA) is 111 Å². The Morgan fingerprint density at radius 1 is 1.29 bits per heavy atom. The predicted octanol–water partition coefficient (Wildman–Crippen LogP) is 3.67. The monoisotopic (exact) mass is 445 g/mol. The van der Waals surface area contributed by atoms with Gasteiger partial charge in [-0.3, -0.25) is 4.79 Å². The Balaban J connectivity index is 1.56. The number of halogens is 1. The summed E-state index contributed by atoms with van der Waals surface area (Å²) in [6.07, 6.45) is 4.22. The van der Waals surface area contributed by atoms with E-state index >= 15 is 0 Å². The van der Waals surface area contributed by atoms with Crippen LogP contribution in [0.4, 0.5) is 5.69 Å². The van der Waals surface area contributed by atoms with Gasteiger partial charge >= 0.3 is 0 Å². The van der Waals surface area contributed by atoms with Crippen LogP contribution in [0.3, 0.4) is 0 Å². The number of aromatic nitrogens is 6. The molecule has 3 rings (SSSR count). The molecule has 2 N–H and O–H groups in total. The average molecular weight is 446 g/mol.